The van der Waals surface area contributed by atoms with E-state index < -0.39 is 18.0 Å². The van der Waals surface area contributed by atoms with Crippen LogP contribution in [0.25, 0.3) is 0 Å². The van der Waals surface area contributed by atoms with Crippen molar-refractivity contribution in [3.05, 3.63) is 50.6 Å². The van der Waals surface area contributed by atoms with Crippen molar-refractivity contribution < 1.29 is 23.5 Å². The Kier molecular flexibility index (Phi) is 7.48. The van der Waals surface area contributed by atoms with Crippen LogP contribution < -0.4 is 15.3 Å². The Bertz CT molecular complexity index is 912. The van der Waals surface area contributed by atoms with Crippen LogP contribution in [0.2, 0.25) is 4.34 Å². The molecule has 30 heavy (non-hydrogen) atoms. The summed E-state index contributed by atoms with van der Waals surface area (Å²) in [5.74, 6) is -1.07. The zero-order valence-electron chi connectivity index (χ0n) is 16.1. The molecule has 1 aliphatic rings. The molecule has 162 valence electrons. The van der Waals surface area contributed by atoms with Crippen molar-refractivity contribution in [2.24, 2.45) is 0 Å². The van der Waals surface area contributed by atoms with Crippen LogP contribution in [0.15, 0.2) is 30.3 Å². The van der Waals surface area contributed by atoms with Crippen LogP contribution in [0.4, 0.5) is 20.6 Å². The number of benzene rings is 1. The van der Waals surface area contributed by atoms with Crippen LogP contribution in [0.5, 0.6) is 0 Å². The Balaban J connectivity index is 1.58. The number of anilines is 2. The highest BCUT2D eigenvalue weighted by molar-refractivity contribution is 7.17. The van der Waals surface area contributed by atoms with E-state index in [4.69, 9.17) is 21.1 Å². The number of nitrogens with zero attached hydrogens (tertiary/aromatic N) is 2. The van der Waals surface area contributed by atoms with E-state index >= 15 is 0 Å². The molecular formula is C19H20ClFN3O5S-. The highest BCUT2D eigenvalue weighted by Gasteiger charge is 2.33. The zero-order valence-corrected chi connectivity index (χ0v) is 17.7. The van der Waals surface area contributed by atoms with E-state index in [1.54, 1.807) is 19.1 Å². The fourth-order valence-corrected chi connectivity index (χ4v) is 3.81. The molecule has 2 aromatic rings. The van der Waals surface area contributed by atoms with Crippen molar-refractivity contribution in [2.75, 3.05) is 42.8 Å². The number of rotatable bonds is 9. The van der Waals surface area contributed by atoms with Gasteiger partial charge in [-0.2, -0.15) is 0 Å². The summed E-state index contributed by atoms with van der Waals surface area (Å²) in [6, 6.07) is 7.12. The molecule has 8 nitrogen and oxygen atoms in total. The number of cyclic esters (lactones) is 1. The molecule has 2 amide bonds. The molecule has 0 radical (unpaired) electrons. The van der Waals surface area contributed by atoms with E-state index in [-0.39, 0.29) is 43.5 Å². The second kappa shape index (κ2) is 10.1. The van der Waals surface area contributed by atoms with Gasteiger partial charge in [0.15, 0.2) is 0 Å². The molecule has 3 rings (SSSR count). The number of thiophene rings is 1. The highest BCUT2D eigenvalue weighted by Crippen LogP contribution is 2.28. The number of carbonyl (C=O) groups is 2. The maximum Gasteiger partial charge on any atom is 0.414 e. The number of amides is 2. The summed E-state index contributed by atoms with van der Waals surface area (Å²) in [4.78, 5) is 26.0. The summed E-state index contributed by atoms with van der Waals surface area (Å²) in [6.45, 7) is 2.68. The SMILES string of the molecule is CCOCCN([O-])c1ccc(N2C[C@H](CNC(=O)c3ccc(Cl)s3)OC2=O)cc1F. The standard InChI is InChI=1S/C19H20ClFN3O5S/c1-2-28-8-7-24(27)15-4-3-12(9-14(15)21)23-11-13(29-19(23)26)10-22-18(25)16-5-6-17(20)30-16/h3-6,9,13H,2,7-8,10-11H2,1H3,(H,22,25)/q-1/t13-/m0/s1. The van der Waals surface area contributed by atoms with E-state index in [1.165, 1.54) is 17.0 Å². The van der Waals surface area contributed by atoms with Crippen LogP contribution in [0.3, 0.4) is 0 Å². The van der Waals surface area contributed by atoms with E-state index in [1.807, 2.05) is 0 Å². The highest BCUT2D eigenvalue weighted by atomic mass is 35.5. The zero-order chi connectivity index (χ0) is 21.7. The molecular weight excluding hydrogens is 437 g/mol. The molecule has 1 fully saturated rings. The quantitative estimate of drug-likeness (QED) is 0.457. The lowest BCUT2D eigenvalue weighted by molar-refractivity contribution is 0.0920. The summed E-state index contributed by atoms with van der Waals surface area (Å²) >= 11 is 6.96. The van der Waals surface area contributed by atoms with Gasteiger partial charge in [-0.15, -0.1) is 11.3 Å². The van der Waals surface area contributed by atoms with Gasteiger partial charge in [0.05, 0.1) is 40.3 Å². The second-order valence-electron chi connectivity index (χ2n) is 6.36. The van der Waals surface area contributed by atoms with Crippen molar-refractivity contribution in [3.63, 3.8) is 0 Å². The Labute approximate surface area is 181 Å². The summed E-state index contributed by atoms with van der Waals surface area (Å²) in [7, 11) is 0. The summed E-state index contributed by atoms with van der Waals surface area (Å²) in [5, 5.41) is 15.2. The topological polar surface area (TPSA) is 94.2 Å². The fourth-order valence-electron chi connectivity index (χ4n) is 2.85. The molecule has 0 saturated carbocycles. The Morgan fingerprint density at radius 1 is 1.47 bits per heavy atom. The summed E-state index contributed by atoms with van der Waals surface area (Å²) in [6.07, 6.45) is -1.25. The first-order valence-electron chi connectivity index (χ1n) is 9.22. The van der Waals surface area contributed by atoms with Crippen LogP contribution in [0, 0.1) is 11.0 Å². The maximum absolute atomic E-state index is 14.4. The van der Waals surface area contributed by atoms with Crippen molar-refractivity contribution in [1.29, 1.82) is 0 Å². The fraction of sp³-hybridized carbons (Fsp3) is 0.368. The van der Waals surface area contributed by atoms with Crippen LogP contribution in [0.1, 0.15) is 16.6 Å². The van der Waals surface area contributed by atoms with Crippen molar-refractivity contribution >= 4 is 46.3 Å². The van der Waals surface area contributed by atoms with Gasteiger partial charge in [-0.1, -0.05) is 11.6 Å². The maximum atomic E-state index is 14.4. The molecule has 0 bridgehead atoms. The minimum Gasteiger partial charge on any atom is -0.758 e. The van der Waals surface area contributed by atoms with Gasteiger partial charge in [0.1, 0.15) is 11.9 Å². The molecule has 0 unspecified atom stereocenters. The molecule has 0 spiro atoms. The first kappa shape index (κ1) is 22.3. The van der Waals surface area contributed by atoms with Gasteiger partial charge in [0.25, 0.3) is 5.91 Å². The normalized spacial score (nSPS) is 15.9. The third-order valence-corrected chi connectivity index (χ3v) is 5.55. The van der Waals surface area contributed by atoms with Gasteiger partial charge in [0.2, 0.25) is 0 Å². The predicted molar refractivity (Wildman–Crippen MR) is 113 cm³/mol. The van der Waals surface area contributed by atoms with E-state index in [0.717, 1.165) is 17.4 Å². The number of hydrogen-bond donors (Lipinski definition) is 1. The van der Waals surface area contributed by atoms with Crippen molar-refractivity contribution in [1.82, 2.24) is 5.32 Å². The van der Waals surface area contributed by atoms with Crippen LogP contribution >= 0.6 is 22.9 Å². The monoisotopic (exact) mass is 456 g/mol. The molecule has 1 N–H and O–H groups in total. The van der Waals surface area contributed by atoms with Crippen LogP contribution in [-0.4, -0.2) is 51.0 Å². The second-order valence-corrected chi connectivity index (χ2v) is 8.08. The van der Waals surface area contributed by atoms with Crippen molar-refractivity contribution in [2.45, 2.75) is 13.0 Å². The predicted octanol–water partition coefficient (Wildman–Crippen LogP) is 3.64. The van der Waals surface area contributed by atoms with E-state index in [9.17, 15) is 19.2 Å². The van der Waals surface area contributed by atoms with E-state index in [2.05, 4.69) is 5.32 Å². The third-order valence-electron chi connectivity index (χ3n) is 4.32. The number of ether oxygens (including phenoxy) is 2. The number of hydrogen-bond acceptors (Lipinski definition) is 7. The molecule has 1 aliphatic heterocycles. The average Bonchev–Trinajstić information content (AvgIpc) is 3.31. The minimum absolute atomic E-state index is 0.00686. The first-order chi connectivity index (χ1) is 14.4. The third kappa shape index (κ3) is 5.39. The minimum atomic E-state index is -0.752. The molecule has 2 heterocycles. The molecule has 1 aromatic carbocycles. The summed E-state index contributed by atoms with van der Waals surface area (Å²) in [5.41, 5.74) is 0.128. The van der Waals surface area contributed by atoms with Gasteiger partial charge in [-0.05, 0) is 37.3 Å². The van der Waals surface area contributed by atoms with Gasteiger partial charge in [-0.25, -0.2) is 9.18 Å². The Hall–Kier alpha value is -2.40. The van der Waals surface area contributed by atoms with Crippen molar-refractivity contribution in [3.8, 4) is 0 Å². The first-order valence-corrected chi connectivity index (χ1v) is 10.4. The average molecular weight is 457 g/mol. The van der Waals surface area contributed by atoms with Gasteiger partial charge in [-0.3, -0.25) is 9.69 Å². The van der Waals surface area contributed by atoms with Crippen LogP contribution in [-0.2, 0) is 9.47 Å². The summed E-state index contributed by atoms with van der Waals surface area (Å²) < 4.78 is 25.2. The van der Waals surface area contributed by atoms with Gasteiger partial charge >= 0.3 is 6.09 Å². The lowest BCUT2D eigenvalue weighted by atomic mass is 10.2. The smallest absolute Gasteiger partial charge is 0.414 e. The Morgan fingerprint density at radius 3 is 2.93 bits per heavy atom. The number of nitrogens with one attached hydrogen (secondary N) is 1. The molecule has 1 atom stereocenters. The molecule has 0 aliphatic carbocycles. The van der Waals surface area contributed by atoms with E-state index in [0.29, 0.717) is 20.9 Å². The van der Waals surface area contributed by atoms with Gasteiger partial charge in [0, 0.05) is 13.2 Å². The number of carbonyl (C=O) groups excluding carboxylic acids is 2. The molecule has 1 saturated heterocycles. The lowest BCUT2D eigenvalue weighted by Gasteiger charge is -2.31. The lowest BCUT2D eigenvalue weighted by Crippen LogP contribution is -2.34. The number of hydroxylamine groups is 1. The largest absolute Gasteiger partial charge is 0.758 e. The molecule has 11 heteroatoms. The number of halogens is 2. The Morgan fingerprint density at radius 2 is 2.27 bits per heavy atom. The molecule has 1 aromatic heterocycles. The van der Waals surface area contributed by atoms with Gasteiger partial charge < -0.3 is 25.1 Å².